The highest BCUT2D eigenvalue weighted by atomic mass is 16.2. The van der Waals surface area contributed by atoms with Gasteiger partial charge >= 0.3 is 0 Å². The Kier molecular flexibility index (Phi) is 6.08. The molecule has 2 aliphatic heterocycles. The van der Waals surface area contributed by atoms with E-state index in [1.54, 1.807) is 0 Å². The summed E-state index contributed by atoms with van der Waals surface area (Å²) in [5.74, 6) is 1.48. The van der Waals surface area contributed by atoms with Crippen LogP contribution < -0.4 is 10.6 Å². The summed E-state index contributed by atoms with van der Waals surface area (Å²) in [5, 5.41) is 6.26. The lowest BCUT2D eigenvalue weighted by Crippen LogP contribution is -2.37. The second-order valence-electron chi connectivity index (χ2n) is 7.50. The fraction of sp³-hybridized carbons (Fsp3) is 0.600. The number of hydrogen-bond donors (Lipinski definition) is 2. The third-order valence-corrected chi connectivity index (χ3v) is 5.43. The van der Waals surface area contributed by atoms with Crippen LogP contribution in [-0.2, 0) is 4.79 Å². The number of anilines is 1. The van der Waals surface area contributed by atoms with Crippen molar-refractivity contribution >= 4 is 17.5 Å². The SMILES string of the molecule is CC1CCN(C(=O)c2ccc(NC(=O)CCC3CCNC3)cc2)CC1. The Labute approximate surface area is 150 Å². The van der Waals surface area contributed by atoms with E-state index in [1.807, 2.05) is 29.2 Å². The fourth-order valence-electron chi connectivity index (χ4n) is 3.61. The molecule has 3 rings (SSSR count). The van der Waals surface area contributed by atoms with E-state index in [0.29, 0.717) is 23.8 Å². The Morgan fingerprint density at radius 1 is 1.16 bits per heavy atom. The predicted octanol–water partition coefficient (Wildman–Crippen LogP) is 2.89. The number of carbonyl (C=O) groups excluding carboxylic acids is 2. The summed E-state index contributed by atoms with van der Waals surface area (Å²) < 4.78 is 0. The van der Waals surface area contributed by atoms with E-state index in [9.17, 15) is 9.59 Å². The first-order chi connectivity index (χ1) is 12.1. The number of benzene rings is 1. The van der Waals surface area contributed by atoms with Crippen molar-refractivity contribution in [2.75, 3.05) is 31.5 Å². The number of likely N-dealkylation sites (tertiary alicyclic amines) is 1. The van der Waals surface area contributed by atoms with Crippen LogP contribution in [0, 0.1) is 11.8 Å². The zero-order chi connectivity index (χ0) is 17.6. The standard InChI is InChI=1S/C20H29N3O2/c1-15-9-12-23(13-10-15)20(25)17-3-5-18(6-4-17)22-19(24)7-2-16-8-11-21-14-16/h3-6,15-16,21H,2,7-14H2,1H3,(H,22,24). The summed E-state index contributed by atoms with van der Waals surface area (Å²) in [7, 11) is 0. The number of nitrogens with one attached hydrogen (secondary N) is 2. The maximum Gasteiger partial charge on any atom is 0.253 e. The number of hydrogen-bond acceptors (Lipinski definition) is 3. The molecule has 0 aliphatic carbocycles. The van der Waals surface area contributed by atoms with Gasteiger partial charge in [-0.3, -0.25) is 9.59 Å². The topological polar surface area (TPSA) is 61.4 Å². The largest absolute Gasteiger partial charge is 0.339 e. The molecule has 1 aromatic rings. The molecule has 0 spiro atoms. The van der Waals surface area contributed by atoms with Crippen LogP contribution in [0.4, 0.5) is 5.69 Å². The highest BCUT2D eigenvalue weighted by Gasteiger charge is 2.21. The minimum atomic E-state index is 0.0518. The third kappa shape index (κ3) is 5.05. The lowest BCUT2D eigenvalue weighted by molar-refractivity contribution is -0.116. The molecule has 0 bridgehead atoms. The van der Waals surface area contributed by atoms with Crippen molar-refractivity contribution in [3.05, 3.63) is 29.8 Å². The average molecular weight is 343 g/mol. The zero-order valence-corrected chi connectivity index (χ0v) is 15.1. The van der Waals surface area contributed by atoms with Crippen molar-refractivity contribution < 1.29 is 9.59 Å². The summed E-state index contributed by atoms with van der Waals surface area (Å²) in [6, 6.07) is 7.29. The molecular formula is C20H29N3O2. The molecule has 136 valence electrons. The molecule has 2 fully saturated rings. The second-order valence-corrected chi connectivity index (χ2v) is 7.50. The quantitative estimate of drug-likeness (QED) is 0.864. The van der Waals surface area contributed by atoms with E-state index >= 15 is 0 Å². The van der Waals surface area contributed by atoms with Crippen LogP contribution in [0.2, 0.25) is 0 Å². The summed E-state index contributed by atoms with van der Waals surface area (Å²) in [4.78, 5) is 26.5. The molecule has 2 N–H and O–H groups in total. The lowest BCUT2D eigenvalue weighted by Gasteiger charge is -2.30. The Morgan fingerprint density at radius 2 is 1.88 bits per heavy atom. The summed E-state index contributed by atoms with van der Waals surface area (Å²) in [6.07, 6.45) is 4.81. The highest BCUT2D eigenvalue weighted by Crippen LogP contribution is 2.19. The van der Waals surface area contributed by atoms with Gasteiger partial charge in [0.15, 0.2) is 0 Å². The Hall–Kier alpha value is -1.88. The monoisotopic (exact) mass is 343 g/mol. The van der Waals surface area contributed by atoms with Crippen LogP contribution in [-0.4, -0.2) is 42.9 Å². The summed E-state index contributed by atoms with van der Waals surface area (Å²) >= 11 is 0. The minimum absolute atomic E-state index is 0.0518. The smallest absolute Gasteiger partial charge is 0.253 e. The molecule has 2 saturated heterocycles. The predicted molar refractivity (Wildman–Crippen MR) is 99.6 cm³/mol. The van der Waals surface area contributed by atoms with Gasteiger partial charge in [0.25, 0.3) is 5.91 Å². The molecule has 5 heteroatoms. The van der Waals surface area contributed by atoms with Gasteiger partial charge in [-0.05, 0) is 74.9 Å². The van der Waals surface area contributed by atoms with Crippen LogP contribution in [0.1, 0.15) is 49.4 Å². The van der Waals surface area contributed by atoms with Crippen LogP contribution in [0.5, 0.6) is 0 Å². The van der Waals surface area contributed by atoms with Crippen molar-refractivity contribution in [1.29, 1.82) is 0 Å². The van der Waals surface area contributed by atoms with Gasteiger partial charge < -0.3 is 15.5 Å². The summed E-state index contributed by atoms with van der Waals surface area (Å²) in [6.45, 7) is 6.02. The molecule has 2 aliphatic rings. The molecule has 1 unspecified atom stereocenters. The third-order valence-electron chi connectivity index (χ3n) is 5.43. The van der Waals surface area contributed by atoms with E-state index in [1.165, 1.54) is 6.42 Å². The number of piperidine rings is 1. The fourth-order valence-corrected chi connectivity index (χ4v) is 3.61. The first kappa shape index (κ1) is 17.9. The molecule has 2 heterocycles. The van der Waals surface area contributed by atoms with Gasteiger partial charge in [0, 0.05) is 30.8 Å². The Bertz CT molecular complexity index is 585. The van der Waals surface area contributed by atoms with Crippen molar-refractivity contribution in [3.63, 3.8) is 0 Å². The van der Waals surface area contributed by atoms with E-state index in [2.05, 4.69) is 17.6 Å². The van der Waals surface area contributed by atoms with E-state index in [4.69, 9.17) is 0 Å². The van der Waals surface area contributed by atoms with Crippen molar-refractivity contribution in [2.24, 2.45) is 11.8 Å². The van der Waals surface area contributed by atoms with Crippen LogP contribution >= 0.6 is 0 Å². The zero-order valence-electron chi connectivity index (χ0n) is 15.1. The molecule has 1 aromatic carbocycles. The minimum Gasteiger partial charge on any atom is -0.339 e. The number of nitrogens with zero attached hydrogens (tertiary/aromatic N) is 1. The molecule has 0 saturated carbocycles. The maximum absolute atomic E-state index is 12.5. The van der Waals surface area contributed by atoms with E-state index in [-0.39, 0.29) is 11.8 Å². The van der Waals surface area contributed by atoms with Crippen LogP contribution in [0.25, 0.3) is 0 Å². The maximum atomic E-state index is 12.5. The lowest BCUT2D eigenvalue weighted by atomic mass is 9.98. The number of rotatable bonds is 5. The summed E-state index contributed by atoms with van der Waals surface area (Å²) in [5.41, 5.74) is 1.46. The molecule has 25 heavy (non-hydrogen) atoms. The molecule has 1 atom stereocenters. The van der Waals surface area contributed by atoms with Crippen LogP contribution in [0.15, 0.2) is 24.3 Å². The first-order valence-electron chi connectivity index (χ1n) is 9.51. The molecule has 0 aromatic heterocycles. The van der Waals surface area contributed by atoms with Crippen molar-refractivity contribution in [1.82, 2.24) is 10.2 Å². The van der Waals surface area contributed by atoms with Gasteiger partial charge in [0.05, 0.1) is 0 Å². The number of carbonyl (C=O) groups is 2. The molecule has 0 radical (unpaired) electrons. The van der Waals surface area contributed by atoms with Gasteiger partial charge in [-0.15, -0.1) is 0 Å². The normalized spacial score (nSPS) is 21.3. The van der Waals surface area contributed by atoms with Gasteiger partial charge in [0.1, 0.15) is 0 Å². The van der Waals surface area contributed by atoms with E-state index in [0.717, 1.165) is 51.1 Å². The second kappa shape index (κ2) is 8.48. The van der Waals surface area contributed by atoms with Gasteiger partial charge in [-0.1, -0.05) is 6.92 Å². The van der Waals surface area contributed by atoms with Crippen LogP contribution in [0.3, 0.4) is 0 Å². The van der Waals surface area contributed by atoms with Gasteiger partial charge in [0.2, 0.25) is 5.91 Å². The Morgan fingerprint density at radius 3 is 2.52 bits per heavy atom. The van der Waals surface area contributed by atoms with Gasteiger partial charge in [-0.2, -0.15) is 0 Å². The number of amides is 2. The van der Waals surface area contributed by atoms with Crippen molar-refractivity contribution in [3.8, 4) is 0 Å². The average Bonchev–Trinajstić information content (AvgIpc) is 3.14. The molecular weight excluding hydrogens is 314 g/mol. The molecule has 2 amide bonds. The van der Waals surface area contributed by atoms with Crippen molar-refractivity contribution in [2.45, 2.75) is 39.0 Å². The van der Waals surface area contributed by atoms with E-state index < -0.39 is 0 Å². The Balaban J connectivity index is 1.47. The molecule has 5 nitrogen and oxygen atoms in total. The highest BCUT2D eigenvalue weighted by molar-refractivity contribution is 5.95. The first-order valence-corrected chi connectivity index (χ1v) is 9.51. The van der Waals surface area contributed by atoms with Gasteiger partial charge in [-0.25, -0.2) is 0 Å².